The largest absolute Gasteiger partial charge is 0.389 e. The molecule has 0 aromatic heterocycles. The molecule has 1 rings (SSSR count). The number of thiocarbonyl (C=S) groups is 1. The average molecular weight is 243 g/mol. The van der Waals surface area contributed by atoms with Crippen molar-refractivity contribution in [3.05, 3.63) is 35.1 Å². The van der Waals surface area contributed by atoms with E-state index in [1.807, 2.05) is 0 Å². The molecule has 0 aliphatic carbocycles. The molecule has 0 saturated carbocycles. The molecular weight excluding hydrogens is 229 g/mol. The summed E-state index contributed by atoms with van der Waals surface area (Å²) in [5, 5.41) is 0. The quantitative estimate of drug-likeness (QED) is 0.609. The number of methoxy groups -OCH3 is 1. The molecule has 1 aromatic carbocycles. The summed E-state index contributed by atoms with van der Waals surface area (Å²) in [5.41, 5.74) is 6.09. The third-order valence-corrected chi connectivity index (χ3v) is 2.25. The SMILES string of the molecule is COCCOCc1cccc(C(N)=S)c1F. The van der Waals surface area contributed by atoms with Crippen LogP contribution in [0.1, 0.15) is 11.1 Å². The van der Waals surface area contributed by atoms with E-state index in [9.17, 15) is 4.39 Å². The maximum atomic E-state index is 13.8. The lowest BCUT2D eigenvalue weighted by molar-refractivity contribution is 0.0604. The Balaban J connectivity index is 2.66. The number of halogens is 1. The Morgan fingerprint density at radius 1 is 1.44 bits per heavy atom. The van der Waals surface area contributed by atoms with Crippen molar-refractivity contribution in [3.63, 3.8) is 0 Å². The number of nitrogens with two attached hydrogens (primary N) is 1. The van der Waals surface area contributed by atoms with Crippen molar-refractivity contribution in [3.8, 4) is 0 Å². The number of ether oxygens (including phenoxy) is 2. The Kier molecular flexibility index (Phi) is 5.31. The van der Waals surface area contributed by atoms with E-state index in [0.29, 0.717) is 18.8 Å². The van der Waals surface area contributed by atoms with E-state index < -0.39 is 5.82 Å². The van der Waals surface area contributed by atoms with Crippen molar-refractivity contribution in [1.29, 1.82) is 0 Å². The van der Waals surface area contributed by atoms with Crippen molar-refractivity contribution >= 4 is 17.2 Å². The lowest BCUT2D eigenvalue weighted by Gasteiger charge is -2.07. The molecule has 0 saturated heterocycles. The standard InChI is InChI=1S/C11H14FNO2S/c1-14-5-6-15-7-8-3-2-4-9(10(8)12)11(13)16/h2-4H,5-7H2,1H3,(H2,13,16). The Hall–Kier alpha value is -1.04. The maximum Gasteiger partial charge on any atom is 0.138 e. The van der Waals surface area contributed by atoms with Crippen LogP contribution in [0.4, 0.5) is 4.39 Å². The normalized spacial score (nSPS) is 10.4. The summed E-state index contributed by atoms with van der Waals surface area (Å²) in [6.45, 7) is 1.09. The monoisotopic (exact) mass is 243 g/mol. The minimum absolute atomic E-state index is 0.0521. The van der Waals surface area contributed by atoms with Crippen molar-refractivity contribution in [2.45, 2.75) is 6.61 Å². The van der Waals surface area contributed by atoms with Gasteiger partial charge in [-0.15, -0.1) is 0 Å². The van der Waals surface area contributed by atoms with Gasteiger partial charge in [-0.2, -0.15) is 0 Å². The molecule has 5 heteroatoms. The van der Waals surface area contributed by atoms with Gasteiger partial charge >= 0.3 is 0 Å². The second-order valence-electron chi connectivity index (χ2n) is 3.19. The number of hydrogen-bond acceptors (Lipinski definition) is 3. The number of benzene rings is 1. The molecule has 0 radical (unpaired) electrons. The van der Waals surface area contributed by atoms with Crippen LogP contribution in [-0.2, 0) is 16.1 Å². The summed E-state index contributed by atoms with van der Waals surface area (Å²) in [5.74, 6) is -0.410. The zero-order valence-electron chi connectivity index (χ0n) is 9.03. The van der Waals surface area contributed by atoms with Crippen LogP contribution in [0.25, 0.3) is 0 Å². The second kappa shape index (κ2) is 6.52. The van der Waals surface area contributed by atoms with Gasteiger partial charge in [0.25, 0.3) is 0 Å². The fourth-order valence-corrected chi connectivity index (χ4v) is 1.36. The molecule has 0 bridgehead atoms. The van der Waals surface area contributed by atoms with Crippen LogP contribution >= 0.6 is 12.2 Å². The third kappa shape index (κ3) is 3.52. The summed E-state index contributed by atoms with van der Waals surface area (Å²) < 4.78 is 23.8. The van der Waals surface area contributed by atoms with Gasteiger partial charge in [0, 0.05) is 18.2 Å². The molecule has 0 aliphatic heterocycles. The number of rotatable bonds is 6. The van der Waals surface area contributed by atoms with Crippen molar-refractivity contribution in [1.82, 2.24) is 0 Å². The van der Waals surface area contributed by atoms with E-state index >= 15 is 0 Å². The molecule has 0 unspecified atom stereocenters. The molecule has 16 heavy (non-hydrogen) atoms. The van der Waals surface area contributed by atoms with Crippen LogP contribution < -0.4 is 5.73 Å². The van der Waals surface area contributed by atoms with Gasteiger partial charge in [0.15, 0.2) is 0 Å². The van der Waals surface area contributed by atoms with E-state index in [1.165, 1.54) is 0 Å². The molecule has 0 atom stereocenters. The van der Waals surface area contributed by atoms with Crippen LogP contribution in [-0.4, -0.2) is 25.3 Å². The molecule has 3 nitrogen and oxygen atoms in total. The molecule has 0 aliphatic rings. The highest BCUT2D eigenvalue weighted by atomic mass is 32.1. The molecular formula is C11H14FNO2S. The van der Waals surface area contributed by atoms with E-state index in [0.717, 1.165) is 0 Å². The van der Waals surface area contributed by atoms with Gasteiger partial charge in [-0.3, -0.25) is 0 Å². The Morgan fingerprint density at radius 3 is 2.81 bits per heavy atom. The fraction of sp³-hybridized carbons (Fsp3) is 0.364. The molecule has 2 N–H and O–H groups in total. The summed E-state index contributed by atoms with van der Waals surface area (Å²) in [7, 11) is 1.58. The molecule has 0 fully saturated rings. The van der Waals surface area contributed by atoms with Crippen molar-refractivity contribution < 1.29 is 13.9 Å². The molecule has 0 spiro atoms. The highest BCUT2D eigenvalue weighted by molar-refractivity contribution is 7.80. The average Bonchev–Trinajstić information content (AvgIpc) is 2.26. The van der Waals surface area contributed by atoms with Gasteiger partial charge in [-0.25, -0.2) is 4.39 Å². The van der Waals surface area contributed by atoms with E-state index in [4.69, 9.17) is 27.4 Å². The van der Waals surface area contributed by atoms with Crippen molar-refractivity contribution in [2.75, 3.05) is 20.3 Å². The first kappa shape index (κ1) is 13.0. The zero-order chi connectivity index (χ0) is 12.0. The second-order valence-corrected chi connectivity index (χ2v) is 3.63. The van der Waals surface area contributed by atoms with Crippen LogP contribution in [0.2, 0.25) is 0 Å². The van der Waals surface area contributed by atoms with E-state index in [2.05, 4.69) is 0 Å². The van der Waals surface area contributed by atoms with Crippen LogP contribution in [0.5, 0.6) is 0 Å². The first-order valence-corrected chi connectivity index (χ1v) is 5.21. The van der Waals surface area contributed by atoms with Crippen LogP contribution in [0, 0.1) is 5.82 Å². The van der Waals surface area contributed by atoms with Gasteiger partial charge in [0.2, 0.25) is 0 Å². The van der Waals surface area contributed by atoms with Gasteiger partial charge in [0.1, 0.15) is 10.8 Å². The zero-order valence-corrected chi connectivity index (χ0v) is 9.85. The minimum atomic E-state index is -0.410. The van der Waals surface area contributed by atoms with E-state index in [1.54, 1.807) is 25.3 Å². The minimum Gasteiger partial charge on any atom is -0.389 e. The Morgan fingerprint density at radius 2 is 2.19 bits per heavy atom. The molecule has 0 amide bonds. The Labute approximate surface area is 99.3 Å². The van der Waals surface area contributed by atoms with Crippen LogP contribution in [0.15, 0.2) is 18.2 Å². The predicted molar refractivity (Wildman–Crippen MR) is 63.8 cm³/mol. The van der Waals surface area contributed by atoms with Crippen molar-refractivity contribution in [2.24, 2.45) is 5.73 Å². The predicted octanol–water partition coefficient (Wildman–Crippen LogP) is 1.62. The Bertz CT molecular complexity index is 371. The molecule has 0 heterocycles. The fourth-order valence-electron chi connectivity index (χ4n) is 1.21. The summed E-state index contributed by atoms with van der Waals surface area (Å²) >= 11 is 4.74. The smallest absolute Gasteiger partial charge is 0.138 e. The van der Waals surface area contributed by atoms with Gasteiger partial charge in [-0.1, -0.05) is 24.4 Å². The highest BCUT2D eigenvalue weighted by Gasteiger charge is 2.09. The topological polar surface area (TPSA) is 44.5 Å². The van der Waals surface area contributed by atoms with E-state index in [-0.39, 0.29) is 17.2 Å². The highest BCUT2D eigenvalue weighted by Crippen LogP contribution is 2.13. The lowest BCUT2D eigenvalue weighted by atomic mass is 10.1. The lowest BCUT2D eigenvalue weighted by Crippen LogP contribution is -2.13. The summed E-state index contributed by atoms with van der Waals surface area (Å²) in [4.78, 5) is 0.0521. The number of hydrogen-bond donors (Lipinski definition) is 1. The summed E-state index contributed by atoms with van der Waals surface area (Å²) in [6, 6.07) is 4.90. The van der Waals surface area contributed by atoms with Gasteiger partial charge in [-0.05, 0) is 6.07 Å². The van der Waals surface area contributed by atoms with Crippen LogP contribution in [0.3, 0.4) is 0 Å². The first-order chi connectivity index (χ1) is 7.66. The molecule has 1 aromatic rings. The first-order valence-electron chi connectivity index (χ1n) is 4.80. The molecule has 88 valence electrons. The maximum absolute atomic E-state index is 13.8. The van der Waals surface area contributed by atoms with Gasteiger partial charge in [0.05, 0.1) is 19.8 Å². The third-order valence-electron chi connectivity index (χ3n) is 2.03. The summed E-state index contributed by atoms with van der Waals surface area (Å²) in [6.07, 6.45) is 0. The van der Waals surface area contributed by atoms with Gasteiger partial charge < -0.3 is 15.2 Å².